The van der Waals surface area contributed by atoms with Crippen LogP contribution in [0, 0.1) is 23.6 Å². The van der Waals surface area contributed by atoms with Crippen molar-refractivity contribution >= 4 is 39.9 Å². The Labute approximate surface area is 229 Å². The molecule has 0 aliphatic heterocycles. The molecule has 0 bridgehead atoms. The molecule has 0 radical (unpaired) electrons. The van der Waals surface area contributed by atoms with Gasteiger partial charge in [0, 0.05) is 54.7 Å². The zero-order chi connectivity index (χ0) is 27.2. The zero-order valence-corrected chi connectivity index (χ0v) is 21.8. The van der Waals surface area contributed by atoms with Crippen LogP contribution < -0.4 is 20.1 Å². The number of pyridine rings is 4. The van der Waals surface area contributed by atoms with Crippen LogP contribution in [0.15, 0.2) is 48.9 Å². The van der Waals surface area contributed by atoms with Gasteiger partial charge in [-0.3, -0.25) is 4.79 Å². The number of nitrogens with one attached hydrogen (secondary N) is 2. The van der Waals surface area contributed by atoms with Crippen molar-refractivity contribution in [3.63, 3.8) is 0 Å². The van der Waals surface area contributed by atoms with E-state index in [0.717, 1.165) is 29.8 Å². The van der Waals surface area contributed by atoms with Crippen LogP contribution in [-0.2, 0) is 4.79 Å². The summed E-state index contributed by atoms with van der Waals surface area (Å²) in [5.41, 5.74) is 0.932. The standard InChI is InChI=1S/C28H24ClFN6O3/c1-31-27-21-15-33-25(36-28(37)17-6-7-17)13-20(21)18(14-34-27)8-9-19-12-23(22(30)16-32-19)38-10-3-11-39-26-5-2-4-24(29)35-26/h2,4-5,12-17H,3,6-7,10-11H2,1H3,(H,31,34)(H,33,36,37). The molecule has 4 heterocycles. The number of ether oxygens (including phenoxy) is 2. The van der Waals surface area contributed by atoms with Gasteiger partial charge in [-0.05, 0) is 30.9 Å². The Hall–Kier alpha value is -4.49. The summed E-state index contributed by atoms with van der Waals surface area (Å²) >= 11 is 5.84. The number of rotatable bonds is 9. The summed E-state index contributed by atoms with van der Waals surface area (Å²) in [6.45, 7) is 0.546. The van der Waals surface area contributed by atoms with Crippen LogP contribution in [0.25, 0.3) is 10.8 Å². The molecule has 2 N–H and O–H groups in total. The van der Waals surface area contributed by atoms with E-state index in [1.54, 1.807) is 43.7 Å². The fourth-order valence-corrected chi connectivity index (χ4v) is 3.85. The molecule has 0 atom stereocenters. The number of carbonyl (C=O) groups is 1. The van der Waals surface area contributed by atoms with Gasteiger partial charge in [0.1, 0.15) is 22.5 Å². The first kappa shape index (κ1) is 26.1. The van der Waals surface area contributed by atoms with E-state index in [4.69, 9.17) is 21.1 Å². The van der Waals surface area contributed by atoms with Gasteiger partial charge >= 0.3 is 0 Å². The van der Waals surface area contributed by atoms with E-state index in [2.05, 4.69) is 42.4 Å². The predicted octanol–water partition coefficient (Wildman–Crippen LogP) is 4.85. The molecule has 1 aliphatic rings. The van der Waals surface area contributed by atoms with E-state index < -0.39 is 5.82 Å². The molecule has 5 rings (SSSR count). The maximum atomic E-state index is 14.3. The summed E-state index contributed by atoms with van der Waals surface area (Å²) in [5.74, 6) is 6.97. The summed E-state index contributed by atoms with van der Waals surface area (Å²) in [6, 6.07) is 8.32. The van der Waals surface area contributed by atoms with Gasteiger partial charge < -0.3 is 20.1 Å². The second kappa shape index (κ2) is 11.9. The summed E-state index contributed by atoms with van der Waals surface area (Å²) in [4.78, 5) is 29.1. The lowest BCUT2D eigenvalue weighted by Gasteiger charge is -2.09. The van der Waals surface area contributed by atoms with Crippen LogP contribution in [0.5, 0.6) is 11.6 Å². The molecule has 0 spiro atoms. The first-order chi connectivity index (χ1) is 19.0. The van der Waals surface area contributed by atoms with Crippen LogP contribution in [0.1, 0.15) is 30.5 Å². The maximum absolute atomic E-state index is 14.3. The number of aromatic nitrogens is 4. The highest BCUT2D eigenvalue weighted by atomic mass is 35.5. The smallest absolute Gasteiger partial charge is 0.228 e. The van der Waals surface area contributed by atoms with E-state index >= 15 is 0 Å². The summed E-state index contributed by atoms with van der Waals surface area (Å²) < 4.78 is 25.4. The molecule has 0 aromatic carbocycles. The molecule has 0 unspecified atom stereocenters. The van der Waals surface area contributed by atoms with Crippen molar-refractivity contribution in [3.05, 3.63) is 71.2 Å². The Morgan fingerprint density at radius 3 is 2.72 bits per heavy atom. The van der Waals surface area contributed by atoms with Crippen molar-refractivity contribution in [1.82, 2.24) is 19.9 Å². The van der Waals surface area contributed by atoms with E-state index in [-0.39, 0.29) is 24.2 Å². The second-order valence-corrected chi connectivity index (χ2v) is 9.14. The molecule has 198 valence electrons. The number of fused-ring (bicyclic) bond motifs is 1. The van der Waals surface area contributed by atoms with E-state index in [9.17, 15) is 9.18 Å². The van der Waals surface area contributed by atoms with Gasteiger partial charge in [0.2, 0.25) is 11.8 Å². The minimum absolute atomic E-state index is 0.0342. The first-order valence-corrected chi connectivity index (χ1v) is 12.7. The normalized spacial score (nSPS) is 12.4. The summed E-state index contributed by atoms with van der Waals surface area (Å²) in [6.07, 6.45) is 6.64. The molecular formula is C28H24ClFN6O3. The SMILES string of the molecule is CNc1ncc(C#Cc2cc(OCCCOc3cccc(Cl)n3)c(F)cn2)c2cc(NC(=O)C3CC3)ncc12. The Kier molecular flexibility index (Phi) is 7.99. The van der Waals surface area contributed by atoms with Crippen molar-refractivity contribution < 1.29 is 18.7 Å². The monoisotopic (exact) mass is 546 g/mol. The number of amides is 1. The van der Waals surface area contributed by atoms with Crippen LogP contribution in [0.4, 0.5) is 16.0 Å². The Morgan fingerprint density at radius 1 is 1.08 bits per heavy atom. The van der Waals surface area contributed by atoms with Gasteiger partial charge in [-0.25, -0.2) is 24.3 Å². The maximum Gasteiger partial charge on any atom is 0.228 e. The molecule has 1 saturated carbocycles. The lowest BCUT2D eigenvalue weighted by molar-refractivity contribution is -0.117. The molecule has 4 aromatic rings. The van der Waals surface area contributed by atoms with Gasteiger partial charge in [0.25, 0.3) is 0 Å². The Morgan fingerprint density at radius 2 is 1.92 bits per heavy atom. The minimum Gasteiger partial charge on any atom is -0.490 e. The quantitative estimate of drug-likeness (QED) is 0.174. The number of carbonyl (C=O) groups excluding carboxylic acids is 1. The van der Waals surface area contributed by atoms with Crippen molar-refractivity contribution in [2.75, 3.05) is 30.9 Å². The third-order valence-corrected chi connectivity index (χ3v) is 6.05. The molecule has 9 nitrogen and oxygen atoms in total. The third kappa shape index (κ3) is 6.69. The number of anilines is 2. The lowest BCUT2D eigenvalue weighted by Crippen LogP contribution is -2.14. The molecule has 4 aromatic heterocycles. The van der Waals surface area contributed by atoms with Crippen molar-refractivity contribution in [1.29, 1.82) is 0 Å². The number of nitrogens with zero attached hydrogens (tertiary/aromatic N) is 4. The average Bonchev–Trinajstić information content (AvgIpc) is 3.79. The fraction of sp³-hybridized carbons (Fsp3) is 0.250. The largest absolute Gasteiger partial charge is 0.490 e. The van der Waals surface area contributed by atoms with Crippen LogP contribution in [0.3, 0.4) is 0 Å². The minimum atomic E-state index is -0.592. The molecule has 11 heteroatoms. The second-order valence-electron chi connectivity index (χ2n) is 8.75. The lowest BCUT2D eigenvalue weighted by atomic mass is 10.1. The zero-order valence-electron chi connectivity index (χ0n) is 21.0. The van der Waals surface area contributed by atoms with Crippen LogP contribution in [-0.4, -0.2) is 46.1 Å². The highest BCUT2D eigenvalue weighted by molar-refractivity contribution is 6.29. The predicted molar refractivity (Wildman–Crippen MR) is 145 cm³/mol. The Bertz CT molecular complexity index is 1590. The third-order valence-electron chi connectivity index (χ3n) is 5.84. The average molecular weight is 547 g/mol. The highest BCUT2D eigenvalue weighted by Gasteiger charge is 2.29. The molecule has 0 saturated heterocycles. The molecule has 39 heavy (non-hydrogen) atoms. The number of hydrogen-bond acceptors (Lipinski definition) is 8. The Balaban J connectivity index is 1.29. The van der Waals surface area contributed by atoms with Gasteiger partial charge in [0.15, 0.2) is 11.6 Å². The van der Waals surface area contributed by atoms with Gasteiger partial charge in [-0.1, -0.05) is 23.6 Å². The van der Waals surface area contributed by atoms with Crippen molar-refractivity contribution in [3.8, 4) is 23.5 Å². The fourth-order valence-electron chi connectivity index (χ4n) is 3.69. The van der Waals surface area contributed by atoms with Gasteiger partial charge in [-0.15, -0.1) is 0 Å². The van der Waals surface area contributed by atoms with Gasteiger partial charge in [-0.2, -0.15) is 0 Å². The summed E-state index contributed by atoms with van der Waals surface area (Å²) in [7, 11) is 1.76. The first-order valence-electron chi connectivity index (χ1n) is 12.3. The van der Waals surface area contributed by atoms with Crippen molar-refractivity contribution in [2.45, 2.75) is 19.3 Å². The number of hydrogen-bond donors (Lipinski definition) is 2. The molecular weight excluding hydrogens is 523 g/mol. The van der Waals surface area contributed by atoms with Crippen LogP contribution >= 0.6 is 11.6 Å². The molecule has 1 aliphatic carbocycles. The van der Waals surface area contributed by atoms with Gasteiger partial charge in [0.05, 0.1) is 25.0 Å². The van der Waals surface area contributed by atoms with Crippen molar-refractivity contribution in [2.24, 2.45) is 5.92 Å². The van der Waals surface area contributed by atoms with E-state index in [1.165, 1.54) is 6.07 Å². The van der Waals surface area contributed by atoms with Crippen LogP contribution in [0.2, 0.25) is 5.15 Å². The number of halogens is 2. The van der Waals surface area contributed by atoms with E-state index in [0.29, 0.717) is 47.0 Å². The molecule has 1 fully saturated rings. The highest BCUT2D eigenvalue weighted by Crippen LogP contribution is 2.31. The topological polar surface area (TPSA) is 111 Å². The van der Waals surface area contributed by atoms with E-state index in [1.807, 2.05) is 0 Å². The summed E-state index contributed by atoms with van der Waals surface area (Å²) in [5, 5.41) is 7.75. The molecule has 1 amide bonds.